The van der Waals surface area contributed by atoms with Gasteiger partial charge in [0.2, 0.25) is 0 Å². The molecule has 0 N–H and O–H groups in total. The molecular weight excluding hydrogens is 156 g/mol. The van der Waals surface area contributed by atoms with Crippen molar-refractivity contribution < 1.29 is 0 Å². The summed E-state index contributed by atoms with van der Waals surface area (Å²) in [6.07, 6.45) is 1.42. The smallest absolute Gasteiger partial charge is 0.0323 e. The SMILES string of the molecule is CC(C1CC(C)(C)C1C)C(C)(C)C. The third-order valence-corrected chi connectivity index (χ3v) is 4.64. The maximum atomic E-state index is 2.43. The minimum atomic E-state index is 0.482. The van der Waals surface area contributed by atoms with Gasteiger partial charge in [-0.3, -0.25) is 0 Å². The van der Waals surface area contributed by atoms with Gasteiger partial charge >= 0.3 is 0 Å². The molecule has 0 aromatic rings. The van der Waals surface area contributed by atoms with E-state index in [2.05, 4.69) is 48.5 Å². The molecule has 0 heteroatoms. The lowest BCUT2D eigenvalue weighted by atomic mass is 9.50. The molecular formula is C13H26. The lowest BCUT2D eigenvalue weighted by Gasteiger charge is -2.55. The molecule has 1 saturated carbocycles. The maximum Gasteiger partial charge on any atom is -0.0323 e. The van der Waals surface area contributed by atoms with Gasteiger partial charge in [0.15, 0.2) is 0 Å². The summed E-state index contributed by atoms with van der Waals surface area (Å²) >= 11 is 0. The zero-order chi connectivity index (χ0) is 10.4. The van der Waals surface area contributed by atoms with Gasteiger partial charge in [0.25, 0.3) is 0 Å². The van der Waals surface area contributed by atoms with Crippen molar-refractivity contribution in [1.29, 1.82) is 0 Å². The Morgan fingerprint density at radius 2 is 1.69 bits per heavy atom. The molecule has 3 atom stereocenters. The highest BCUT2D eigenvalue weighted by atomic mass is 14.5. The quantitative estimate of drug-likeness (QED) is 0.565. The van der Waals surface area contributed by atoms with E-state index in [4.69, 9.17) is 0 Å². The van der Waals surface area contributed by atoms with Gasteiger partial charge in [-0.1, -0.05) is 48.5 Å². The fourth-order valence-corrected chi connectivity index (χ4v) is 2.64. The topological polar surface area (TPSA) is 0 Å². The molecule has 0 saturated heterocycles. The second kappa shape index (κ2) is 3.00. The van der Waals surface area contributed by atoms with E-state index in [-0.39, 0.29) is 0 Å². The van der Waals surface area contributed by atoms with Crippen LogP contribution in [0.2, 0.25) is 0 Å². The minimum absolute atomic E-state index is 0.482. The van der Waals surface area contributed by atoms with E-state index >= 15 is 0 Å². The van der Waals surface area contributed by atoms with Crippen LogP contribution >= 0.6 is 0 Å². The summed E-state index contributed by atoms with van der Waals surface area (Å²) in [6.45, 7) is 16.8. The summed E-state index contributed by atoms with van der Waals surface area (Å²) in [4.78, 5) is 0. The predicted octanol–water partition coefficient (Wildman–Crippen LogP) is 4.35. The third kappa shape index (κ3) is 1.92. The summed E-state index contributed by atoms with van der Waals surface area (Å²) in [5.41, 5.74) is 1.08. The zero-order valence-corrected chi connectivity index (χ0v) is 10.4. The van der Waals surface area contributed by atoms with Crippen LogP contribution in [0.5, 0.6) is 0 Å². The Morgan fingerprint density at radius 3 is 1.92 bits per heavy atom. The normalized spacial score (nSPS) is 35.3. The van der Waals surface area contributed by atoms with E-state index in [1.807, 2.05) is 0 Å². The summed E-state index contributed by atoms with van der Waals surface area (Å²) < 4.78 is 0. The standard InChI is InChI=1S/C13H26/c1-9(12(3,4)5)11-8-13(6,7)10(11)2/h9-11H,8H2,1-7H3. The first-order valence-electron chi connectivity index (χ1n) is 5.66. The molecule has 0 amide bonds. The Balaban J connectivity index is 2.59. The van der Waals surface area contributed by atoms with Crippen molar-refractivity contribution in [3.63, 3.8) is 0 Å². The van der Waals surface area contributed by atoms with Crippen LogP contribution in [-0.2, 0) is 0 Å². The monoisotopic (exact) mass is 182 g/mol. The minimum Gasteiger partial charge on any atom is -0.0617 e. The van der Waals surface area contributed by atoms with Crippen molar-refractivity contribution in [2.75, 3.05) is 0 Å². The zero-order valence-electron chi connectivity index (χ0n) is 10.4. The van der Waals surface area contributed by atoms with E-state index in [1.54, 1.807) is 0 Å². The maximum absolute atomic E-state index is 2.43. The summed E-state index contributed by atoms with van der Waals surface area (Å²) in [5.74, 6) is 2.72. The molecule has 0 heterocycles. The molecule has 0 nitrogen and oxygen atoms in total. The molecule has 0 aromatic heterocycles. The van der Waals surface area contributed by atoms with E-state index in [9.17, 15) is 0 Å². The second-order valence-electron chi connectivity index (χ2n) is 6.80. The first-order valence-corrected chi connectivity index (χ1v) is 5.66. The molecule has 0 spiro atoms. The first-order chi connectivity index (χ1) is 5.66. The van der Waals surface area contributed by atoms with Crippen molar-refractivity contribution >= 4 is 0 Å². The van der Waals surface area contributed by atoms with Gasteiger partial charge < -0.3 is 0 Å². The molecule has 1 fully saturated rings. The fraction of sp³-hybridized carbons (Fsp3) is 1.00. The molecule has 1 aliphatic rings. The summed E-state index contributed by atoms with van der Waals surface area (Å²) in [7, 11) is 0. The fourth-order valence-electron chi connectivity index (χ4n) is 2.64. The van der Waals surface area contributed by atoms with Gasteiger partial charge in [0.05, 0.1) is 0 Å². The highest BCUT2D eigenvalue weighted by Gasteiger charge is 2.48. The highest BCUT2D eigenvalue weighted by molar-refractivity contribution is 4.97. The predicted molar refractivity (Wildman–Crippen MR) is 59.7 cm³/mol. The first kappa shape index (κ1) is 11.1. The molecule has 1 rings (SSSR count). The van der Waals surface area contributed by atoms with Gasteiger partial charge in [-0.2, -0.15) is 0 Å². The van der Waals surface area contributed by atoms with Crippen LogP contribution in [0, 0.1) is 28.6 Å². The van der Waals surface area contributed by atoms with Gasteiger partial charge in [0.1, 0.15) is 0 Å². The van der Waals surface area contributed by atoms with Crippen molar-refractivity contribution in [3.05, 3.63) is 0 Å². The molecule has 0 bridgehead atoms. The Morgan fingerprint density at radius 1 is 1.23 bits per heavy atom. The van der Waals surface area contributed by atoms with Crippen LogP contribution < -0.4 is 0 Å². The van der Waals surface area contributed by atoms with Crippen molar-refractivity contribution in [3.8, 4) is 0 Å². The molecule has 3 unspecified atom stereocenters. The van der Waals surface area contributed by atoms with Crippen LogP contribution in [-0.4, -0.2) is 0 Å². The van der Waals surface area contributed by atoms with Crippen LogP contribution in [0.15, 0.2) is 0 Å². The van der Waals surface area contributed by atoms with Crippen molar-refractivity contribution in [1.82, 2.24) is 0 Å². The Labute approximate surface area is 84.1 Å². The van der Waals surface area contributed by atoms with E-state index in [0.717, 1.165) is 17.8 Å². The second-order valence-corrected chi connectivity index (χ2v) is 6.80. The van der Waals surface area contributed by atoms with Crippen LogP contribution in [0.4, 0.5) is 0 Å². The lowest BCUT2D eigenvalue weighted by Crippen LogP contribution is -2.47. The van der Waals surface area contributed by atoms with Crippen molar-refractivity contribution in [2.24, 2.45) is 28.6 Å². The average Bonchev–Trinajstić information content (AvgIpc) is 1.97. The Hall–Kier alpha value is 0. The molecule has 0 aliphatic heterocycles. The van der Waals surface area contributed by atoms with Crippen LogP contribution in [0.1, 0.15) is 54.9 Å². The number of rotatable bonds is 1. The highest BCUT2D eigenvalue weighted by Crippen LogP contribution is 2.56. The van der Waals surface area contributed by atoms with Gasteiger partial charge in [-0.25, -0.2) is 0 Å². The molecule has 1 aliphatic carbocycles. The largest absolute Gasteiger partial charge is 0.0617 e. The van der Waals surface area contributed by atoms with Gasteiger partial charge in [-0.15, -0.1) is 0 Å². The summed E-state index contributed by atoms with van der Waals surface area (Å²) in [5, 5.41) is 0. The average molecular weight is 182 g/mol. The molecule has 78 valence electrons. The van der Waals surface area contributed by atoms with E-state index in [1.165, 1.54) is 6.42 Å². The van der Waals surface area contributed by atoms with Crippen LogP contribution in [0.25, 0.3) is 0 Å². The van der Waals surface area contributed by atoms with Crippen LogP contribution in [0.3, 0.4) is 0 Å². The number of hydrogen-bond donors (Lipinski definition) is 0. The Bertz CT molecular complexity index is 183. The van der Waals surface area contributed by atoms with Gasteiger partial charge in [-0.05, 0) is 35.0 Å². The third-order valence-electron chi connectivity index (χ3n) is 4.64. The van der Waals surface area contributed by atoms with Crippen molar-refractivity contribution in [2.45, 2.75) is 54.9 Å². The molecule has 0 aromatic carbocycles. The summed E-state index contributed by atoms with van der Waals surface area (Å²) in [6, 6.07) is 0. The number of hydrogen-bond acceptors (Lipinski definition) is 0. The van der Waals surface area contributed by atoms with Gasteiger partial charge in [0, 0.05) is 0 Å². The molecule has 13 heavy (non-hydrogen) atoms. The van der Waals surface area contributed by atoms with E-state index in [0.29, 0.717) is 10.8 Å². The molecule has 0 radical (unpaired) electrons. The van der Waals surface area contributed by atoms with E-state index < -0.39 is 0 Å². The lowest BCUT2D eigenvalue weighted by molar-refractivity contribution is -0.0584. The Kier molecular flexibility index (Phi) is 2.56.